The van der Waals surface area contributed by atoms with Crippen LogP contribution < -0.4 is 0 Å². The first-order chi connectivity index (χ1) is 6.68. The molecule has 0 radical (unpaired) electrons. The third-order valence-electron chi connectivity index (χ3n) is 2.19. The van der Waals surface area contributed by atoms with Gasteiger partial charge < -0.3 is 5.11 Å². The molecular weight excluding hydrogens is 196 g/mol. The molecule has 0 fully saturated rings. The molecule has 74 valence electrons. The van der Waals surface area contributed by atoms with Crippen molar-refractivity contribution < 1.29 is 5.11 Å². The average molecular weight is 208 g/mol. The summed E-state index contributed by atoms with van der Waals surface area (Å²) in [5.41, 5.74) is 1.98. The minimum atomic E-state index is -0.538. The van der Waals surface area contributed by atoms with E-state index in [2.05, 4.69) is 5.10 Å². The summed E-state index contributed by atoms with van der Waals surface area (Å²) in [5.74, 6) is 0. The van der Waals surface area contributed by atoms with Gasteiger partial charge in [0.05, 0.1) is 6.20 Å². The molecule has 14 heavy (non-hydrogen) atoms. The smallest absolute Gasteiger partial charge is 0.116 e. The summed E-state index contributed by atoms with van der Waals surface area (Å²) in [5, 5.41) is 16.1. The normalized spacial score (nSPS) is 13.1. The molecule has 0 spiro atoms. The van der Waals surface area contributed by atoms with Crippen molar-refractivity contribution in [1.82, 2.24) is 9.78 Å². The molecule has 1 atom stereocenters. The SMILES string of the molecule is Cc1ccsc1C(O)c1cnn(C)c1. The Morgan fingerprint density at radius 3 is 2.86 bits per heavy atom. The first kappa shape index (κ1) is 9.43. The lowest BCUT2D eigenvalue weighted by molar-refractivity contribution is 0.223. The zero-order valence-electron chi connectivity index (χ0n) is 8.14. The number of aryl methyl sites for hydroxylation is 2. The van der Waals surface area contributed by atoms with Crippen LogP contribution in [0.5, 0.6) is 0 Å². The summed E-state index contributed by atoms with van der Waals surface area (Å²) < 4.78 is 1.70. The van der Waals surface area contributed by atoms with Crippen LogP contribution in [0, 0.1) is 6.92 Å². The topological polar surface area (TPSA) is 38.1 Å². The van der Waals surface area contributed by atoms with Gasteiger partial charge in [0.15, 0.2) is 0 Å². The number of aliphatic hydroxyl groups is 1. The van der Waals surface area contributed by atoms with E-state index < -0.39 is 6.10 Å². The van der Waals surface area contributed by atoms with Crippen LogP contribution in [-0.4, -0.2) is 14.9 Å². The molecule has 2 rings (SSSR count). The number of hydrogen-bond acceptors (Lipinski definition) is 3. The Morgan fingerprint density at radius 2 is 2.36 bits per heavy atom. The van der Waals surface area contributed by atoms with E-state index in [4.69, 9.17) is 0 Å². The van der Waals surface area contributed by atoms with E-state index in [0.29, 0.717) is 0 Å². The van der Waals surface area contributed by atoms with Crippen LogP contribution in [-0.2, 0) is 7.05 Å². The third kappa shape index (κ3) is 1.58. The van der Waals surface area contributed by atoms with Gasteiger partial charge in [0.25, 0.3) is 0 Å². The minimum Gasteiger partial charge on any atom is -0.383 e. The fourth-order valence-corrected chi connectivity index (χ4v) is 2.33. The van der Waals surface area contributed by atoms with Gasteiger partial charge in [-0.25, -0.2) is 0 Å². The summed E-state index contributed by atoms with van der Waals surface area (Å²) in [6.07, 6.45) is 3.00. The number of aromatic nitrogens is 2. The molecule has 4 heteroatoms. The second-order valence-electron chi connectivity index (χ2n) is 3.32. The van der Waals surface area contributed by atoms with Gasteiger partial charge in [0, 0.05) is 23.7 Å². The summed E-state index contributed by atoms with van der Waals surface area (Å²) in [6, 6.07) is 2.01. The van der Waals surface area contributed by atoms with Crippen LogP contribution >= 0.6 is 11.3 Å². The second-order valence-corrected chi connectivity index (χ2v) is 4.27. The Bertz CT molecular complexity index is 433. The Kier molecular flexibility index (Phi) is 2.39. The molecule has 0 amide bonds. The quantitative estimate of drug-likeness (QED) is 0.818. The van der Waals surface area contributed by atoms with Crippen molar-refractivity contribution in [2.24, 2.45) is 7.05 Å². The van der Waals surface area contributed by atoms with Crippen LogP contribution in [0.2, 0.25) is 0 Å². The highest BCUT2D eigenvalue weighted by Crippen LogP contribution is 2.28. The standard InChI is InChI=1S/C10H12N2OS/c1-7-3-4-14-10(7)9(13)8-5-11-12(2)6-8/h3-6,9,13H,1-2H3. The molecule has 2 aromatic rings. The first-order valence-electron chi connectivity index (χ1n) is 4.39. The molecule has 2 aromatic heterocycles. The second kappa shape index (κ2) is 3.55. The lowest BCUT2D eigenvalue weighted by Crippen LogP contribution is -1.97. The predicted molar refractivity (Wildman–Crippen MR) is 56.3 cm³/mol. The van der Waals surface area contributed by atoms with Gasteiger partial charge in [-0.3, -0.25) is 4.68 Å². The number of aliphatic hydroxyl groups excluding tert-OH is 1. The van der Waals surface area contributed by atoms with Crippen molar-refractivity contribution in [2.45, 2.75) is 13.0 Å². The maximum absolute atomic E-state index is 10.0. The van der Waals surface area contributed by atoms with Gasteiger partial charge in [-0.1, -0.05) is 0 Å². The molecule has 0 saturated heterocycles. The van der Waals surface area contributed by atoms with E-state index >= 15 is 0 Å². The highest BCUT2D eigenvalue weighted by Gasteiger charge is 2.15. The Hall–Kier alpha value is -1.13. The van der Waals surface area contributed by atoms with E-state index in [0.717, 1.165) is 16.0 Å². The molecule has 0 aliphatic rings. The third-order valence-corrected chi connectivity index (χ3v) is 3.26. The molecule has 3 nitrogen and oxygen atoms in total. The van der Waals surface area contributed by atoms with Crippen molar-refractivity contribution in [2.75, 3.05) is 0 Å². The number of nitrogens with zero attached hydrogens (tertiary/aromatic N) is 2. The largest absolute Gasteiger partial charge is 0.383 e. The molecule has 0 aliphatic carbocycles. The first-order valence-corrected chi connectivity index (χ1v) is 5.27. The molecule has 0 saturated carbocycles. The van der Waals surface area contributed by atoms with Gasteiger partial charge in [-0.05, 0) is 23.9 Å². The van der Waals surface area contributed by atoms with E-state index in [-0.39, 0.29) is 0 Å². The maximum Gasteiger partial charge on any atom is 0.116 e. The van der Waals surface area contributed by atoms with Crippen LogP contribution in [0.25, 0.3) is 0 Å². The lowest BCUT2D eigenvalue weighted by atomic mass is 10.1. The Morgan fingerprint density at radius 1 is 1.57 bits per heavy atom. The summed E-state index contributed by atoms with van der Waals surface area (Å²) >= 11 is 1.57. The predicted octanol–water partition coefficient (Wildman–Crippen LogP) is 1.87. The highest BCUT2D eigenvalue weighted by molar-refractivity contribution is 7.10. The van der Waals surface area contributed by atoms with Crippen molar-refractivity contribution in [3.05, 3.63) is 39.8 Å². The van der Waals surface area contributed by atoms with Gasteiger partial charge in [-0.15, -0.1) is 11.3 Å². The van der Waals surface area contributed by atoms with Gasteiger partial charge in [0.2, 0.25) is 0 Å². The molecule has 0 aliphatic heterocycles. The molecule has 1 unspecified atom stereocenters. The summed E-state index contributed by atoms with van der Waals surface area (Å²) in [4.78, 5) is 0.998. The van der Waals surface area contributed by atoms with Crippen LogP contribution in [0.4, 0.5) is 0 Å². The number of rotatable bonds is 2. The van der Waals surface area contributed by atoms with Crippen molar-refractivity contribution in [3.8, 4) is 0 Å². The highest BCUT2D eigenvalue weighted by atomic mass is 32.1. The van der Waals surface area contributed by atoms with Gasteiger partial charge in [-0.2, -0.15) is 5.10 Å². The van der Waals surface area contributed by atoms with Crippen LogP contribution in [0.3, 0.4) is 0 Å². The van der Waals surface area contributed by atoms with Crippen LogP contribution in [0.1, 0.15) is 22.1 Å². The molecule has 0 bridgehead atoms. The minimum absolute atomic E-state index is 0.538. The summed E-state index contributed by atoms with van der Waals surface area (Å²) in [7, 11) is 1.84. The zero-order chi connectivity index (χ0) is 10.1. The average Bonchev–Trinajstić information content (AvgIpc) is 2.73. The maximum atomic E-state index is 10.0. The molecular formula is C10H12N2OS. The van der Waals surface area contributed by atoms with E-state index in [1.807, 2.05) is 31.6 Å². The fraction of sp³-hybridized carbons (Fsp3) is 0.300. The Balaban J connectivity index is 2.33. The number of thiophene rings is 1. The van der Waals surface area contributed by atoms with Gasteiger partial charge >= 0.3 is 0 Å². The number of hydrogen-bond donors (Lipinski definition) is 1. The molecule has 1 N–H and O–H groups in total. The van der Waals surface area contributed by atoms with E-state index in [1.165, 1.54) is 0 Å². The van der Waals surface area contributed by atoms with E-state index in [9.17, 15) is 5.11 Å². The monoisotopic (exact) mass is 208 g/mol. The van der Waals surface area contributed by atoms with Crippen LogP contribution in [0.15, 0.2) is 23.8 Å². The molecule has 2 heterocycles. The van der Waals surface area contributed by atoms with Crippen molar-refractivity contribution in [1.29, 1.82) is 0 Å². The fourth-order valence-electron chi connectivity index (χ4n) is 1.40. The Labute approximate surface area is 86.6 Å². The van der Waals surface area contributed by atoms with Crippen molar-refractivity contribution in [3.63, 3.8) is 0 Å². The zero-order valence-corrected chi connectivity index (χ0v) is 8.95. The lowest BCUT2D eigenvalue weighted by Gasteiger charge is -2.06. The van der Waals surface area contributed by atoms with Gasteiger partial charge in [0.1, 0.15) is 6.10 Å². The molecule has 0 aromatic carbocycles. The van der Waals surface area contributed by atoms with E-state index in [1.54, 1.807) is 22.2 Å². The summed E-state index contributed by atoms with van der Waals surface area (Å²) in [6.45, 7) is 2.01. The van der Waals surface area contributed by atoms with Crippen molar-refractivity contribution >= 4 is 11.3 Å².